The Morgan fingerprint density at radius 3 is 2.81 bits per heavy atom. The van der Waals surface area contributed by atoms with Crippen molar-refractivity contribution in [3.05, 3.63) is 24.3 Å². The number of methoxy groups -OCH3 is 1. The van der Waals surface area contributed by atoms with E-state index in [2.05, 4.69) is 29.9 Å². The summed E-state index contributed by atoms with van der Waals surface area (Å²) in [6, 6.07) is 0. The number of ether oxygens (including phenoxy) is 1. The fraction of sp³-hybridized carbons (Fsp3) is 0.762. The largest absolute Gasteiger partial charge is 0.469 e. The third-order valence-corrected chi connectivity index (χ3v) is 5.38. The van der Waals surface area contributed by atoms with Crippen molar-refractivity contribution in [2.24, 2.45) is 11.8 Å². The van der Waals surface area contributed by atoms with Crippen LogP contribution in [0.4, 0.5) is 0 Å². The fourth-order valence-corrected chi connectivity index (χ4v) is 3.81. The number of unbranched alkanes of at least 4 members (excludes halogenated alkanes) is 3. The highest BCUT2D eigenvalue weighted by atomic mass is 17.2. The second-order valence-electron chi connectivity index (χ2n) is 7.37. The van der Waals surface area contributed by atoms with Crippen LogP contribution in [-0.2, 0) is 19.3 Å². The molecule has 0 aromatic rings. The number of allylic oxidation sites excluding steroid dienone is 2. The molecule has 5 atom stereocenters. The Morgan fingerprint density at radius 1 is 1.23 bits per heavy atom. The average Bonchev–Trinajstić information content (AvgIpc) is 3.24. The Kier molecular flexibility index (Phi) is 9.37. The Hall–Kier alpha value is -1.17. The highest BCUT2D eigenvalue weighted by Crippen LogP contribution is 2.44. The smallest absolute Gasteiger partial charge is 0.305 e. The van der Waals surface area contributed by atoms with E-state index in [9.17, 15) is 9.90 Å². The summed E-state index contributed by atoms with van der Waals surface area (Å²) in [4.78, 5) is 21.9. The summed E-state index contributed by atoms with van der Waals surface area (Å²) >= 11 is 0. The van der Waals surface area contributed by atoms with Crippen molar-refractivity contribution >= 4 is 5.97 Å². The van der Waals surface area contributed by atoms with Crippen LogP contribution in [0.15, 0.2) is 24.3 Å². The molecule has 0 aromatic heterocycles. The lowest BCUT2D eigenvalue weighted by atomic mass is 9.89. The Labute approximate surface area is 157 Å². The van der Waals surface area contributed by atoms with Gasteiger partial charge in [0.15, 0.2) is 0 Å². The van der Waals surface area contributed by atoms with Crippen molar-refractivity contribution in [2.75, 3.05) is 7.11 Å². The monoisotopic (exact) mass is 366 g/mol. The molecule has 2 rings (SSSR count). The number of aliphatic hydroxyl groups is 1. The van der Waals surface area contributed by atoms with Gasteiger partial charge in [-0.1, -0.05) is 50.5 Å². The number of aliphatic hydroxyl groups excluding tert-OH is 1. The van der Waals surface area contributed by atoms with Gasteiger partial charge in [0.25, 0.3) is 0 Å². The van der Waals surface area contributed by atoms with E-state index in [0.717, 1.165) is 38.5 Å². The van der Waals surface area contributed by atoms with Gasteiger partial charge < -0.3 is 9.84 Å². The Morgan fingerprint density at radius 2 is 2.04 bits per heavy atom. The Bertz CT molecular complexity index is 473. The van der Waals surface area contributed by atoms with E-state index >= 15 is 0 Å². The van der Waals surface area contributed by atoms with Crippen LogP contribution in [0.2, 0.25) is 0 Å². The van der Waals surface area contributed by atoms with Crippen molar-refractivity contribution in [1.29, 1.82) is 0 Å². The van der Waals surface area contributed by atoms with E-state index in [-0.39, 0.29) is 24.3 Å². The lowest BCUT2D eigenvalue weighted by molar-refractivity contribution is -0.336. The first-order chi connectivity index (χ1) is 12.7. The molecule has 26 heavy (non-hydrogen) atoms. The fourth-order valence-electron chi connectivity index (χ4n) is 3.81. The first-order valence-corrected chi connectivity index (χ1v) is 10.1. The molecule has 0 unspecified atom stereocenters. The molecule has 1 heterocycles. The van der Waals surface area contributed by atoms with Crippen LogP contribution >= 0.6 is 0 Å². The molecule has 0 amide bonds. The molecular weight excluding hydrogens is 332 g/mol. The third-order valence-electron chi connectivity index (χ3n) is 5.38. The summed E-state index contributed by atoms with van der Waals surface area (Å²) in [5.41, 5.74) is 0. The van der Waals surface area contributed by atoms with Gasteiger partial charge in [-0.2, -0.15) is 0 Å². The van der Waals surface area contributed by atoms with Crippen molar-refractivity contribution in [3.63, 3.8) is 0 Å². The highest BCUT2D eigenvalue weighted by Gasteiger charge is 2.49. The molecule has 5 nitrogen and oxygen atoms in total. The molecule has 0 aromatic carbocycles. The molecule has 1 saturated carbocycles. The molecule has 1 aliphatic carbocycles. The van der Waals surface area contributed by atoms with Crippen LogP contribution in [0.3, 0.4) is 0 Å². The number of esters is 1. The third kappa shape index (κ3) is 6.53. The van der Waals surface area contributed by atoms with Crippen LogP contribution in [-0.4, -0.2) is 36.5 Å². The van der Waals surface area contributed by atoms with Crippen molar-refractivity contribution in [3.8, 4) is 0 Å². The van der Waals surface area contributed by atoms with Crippen LogP contribution in [0, 0.1) is 11.8 Å². The number of carbonyl (C=O) groups is 1. The van der Waals surface area contributed by atoms with E-state index in [1.54, 1.807) is 0 Å². The van der Waals surface area contributed by atoms with Crippen LogP contribution < -0.4 is 0 Å². The predicted octanol–water partition coefficient (Wildman–Crippen LogP) is 4.11. The van der Waals surface area contributed by atoms with Crippen molar-refractivity contribution in [2.45, 2.75) is 83.0 Å². The van der Waals surface area contributed by atoms with E-state index in [1.807, 2.05) is 6.08 Å². The minimum atomic E-state index is -0.365. The zero-order valence-corrected chi connectivity index (χ0v) is 16.1. The van der Waals surface area contributed by atoms with Crippen LogP contribution in [0.5, 0.6) is 0 Å². The second-order valence-corrected chi connectivity index (χ2v) is 7.37. The molecule has 0 spiro atoms. The topological polar surface area (TPSA) is 65.0 Å². The van der Waals surface area contributed by atoms with Crippen LogP contribution in [0.1, 0.15) is 64.7 Å². The van der Waals surface area contributed by atoms with Gasteiger partial charge in [0.2, 0.25) is 0 Å². The number of hydrogen-bond donors (Lipinski definition) is 1. The van der Waals surface area contributed by atoms with Crippen LogP contribution in [0.25, 0.3) is 0 Å². The molecule has 1 N–H and O–H groups in total. The molecule has 2 aliphatic rings. The minimum absolute atomic E-state index is 0.108. The zero-order valence-electron chi connectivity index (χ0n) is 16.1. The number of fused-ring (bicyclic) bond motifs is 2. The average molecular weight is 366 g/mol. The second kappa shape index (κ2) is 11.5. The van der Waals surface area contributed by atoms with Crippen molar-refractivity contribution in [1.82, 2.24) is 0 Å². The lowest BCUT2D eigenvalue weighted by Gasteiger charge is -2.27. The quantitative estimate of drug-likeness (QED) is 0.244. The maximum Gasteiger partial charge on any atom is 0.305 e. The first-order valence-electron chi connectivity index (χ1n) is 10.1. The van der Waals surface area contributed by atoms with Gasteiger partial charge in [-0.15, -0.1) is 0 Å². The highest BCUT2D eigenvalue weighted by molar-refractivity contribution is 5.69. The van der Waals surface area contributed by atoms with E-state index in [0.29, 0.717) is 18.3 Å². The van der Waals surface area contributed by atoms with Gasteiger partial charge in [-0.05, 0) is 25.7 Å². The van der Waals surface area contributed by atoms with Gasteiger partial charge in [0, 0.05) is 24.7 Å². The standard InChI is InChI=1S/C21H34O5/c1-3-4-7-10-16(22)13-14-18-17(19-15-20(18)26-25-19)11-8-5-6-9-12-21(23)24-2/h5,8,13-14,16-20,22H,3-4,6-7,9-12,15H2,1-2H3/b8-5-,14-13+/t16-,17+,18+,19+,20-/m0/s1. The molecule has 2 fully saturated rings. The molecule has 148 valence electrons. The summed E-state index contributed by atoms with van der Waals surface area (Å²) in [6.45, 7) is 2.17. The number of carbonyl (C=O) groups excluding carboxylic acids is 1. The van der Waals surface area contributed by atoms with Gasteiger partial charge in [-0.25, -0.2) is 9.78 Å². The van der Waals surface area contributed by atoms with Gasteiger partial charge in [-0.3, -0.25) is 4.79 Å². The SMILES string of the molecule is CCCCC[C@H](O)/C=C/[C@@H]1[C@@H](C/C=C\CCCC(=O)OC)[C@H]2C[C@@H]1OO2. The number of hydrogen-bond acceptors (Lipinski definition) is 5. The zero-order chi connectivity index (χ0) is 18.8. The summed E-state index contributed by atoms with van der Waals surface area (Å²) < 4.78 is 4.64. The summed E-state index contributed by atoms with van der Waals surface area (Å²) in [6.07, 6.45) is 16.5. The minimum Gasteiger partial charge on any atom is -0.469 e. The predicted molar refractivity (Wildman–Crippen MR) is 100 cm³/mol. The summed E-state index contributed by atoms with van der Waals surface area (Å²) in [5, 5.41) is 10.1. The Balaban J connectivity index is 1.76. The van der Waals surface area contributed by atoms with Gasteiger partial charge >= 0.3 is 5.97 Å². The maximum absolute atomic E-state index is 11.1. The lowest BCUT2D eigenvalue weighted by Crippen LogP contribution is -2.28. The van der Waals surface area contributed by atoms with Crippen molar-refractivity contribution < 1.29 is 24.4 Å². The molecule has 5 heteroatoms. The molecule has 1 saturated heterocycles. The molecule has 2 bridgehead atoms. The summed E-state index contributed by atoms with van der Waals surface area (Å²) in [7, 11) is 1.42. The first kappa shape index (κ1) is 21.1. The normalized spacial score (nSPS) is 29.0. The van der Waals surface area contributed by atoms with E-state index in [1.165, 1.54) is 20.0 Å². The maximum atomic E-state index is 11.1. The molecular formula is C21H34O5. The summed E-state index contributed by atoms with van der Waals surface area (Å²) in [5.74, 6) is 0.541. The molecule has 0 radical (unpaired) electrons. The number of rotatable bonds is 12. The van der Waals surface area contributed by atoms with Gasteiger partial charge in [0.05, 0.1) is 19.3 Å². The van der Waals surface area contributed by atoms with E-state index < -0.39 is 0 Å². The molecule has 1 aliphatic heterocycles. The van der Waals surface area contributed by atoms with E-state index in [4.69, 9.17) is 9.78 Å². The van der Waals surface area contributed by atoms with Gasteiger partial charge in [0.1, 0.15) is 6.10 Å².